The molecule has 0 fully saturated rings. The van der Waals surface area contributed by atoms with Crippen LogP contribution in [0.1, 0.15) is 48.7 Å². The molecule has 0 radical (unpaired) electrons. The first-order valence-electron chi connectivity index (χ1n) is 6.43. The maximum Gasteiger partial charge on any atom is 0.360 e. The number of hydrogen-bond acceptors (Lipinski definition) is 6. The number of carbonyl (C=O) groups is 1. The lowest BCUT2D eigenvalue weighted by atomic mass is 10.2. The molecule has 0 saturated heterocycles. The minimum Gasteiger partial charge on any atom is -0.461 e. The smallest absolute Gasteiger partial charge is 0.360 e. The maximum absolute atomic E-state index is 11.8. The van der Waals surface area contributed by atoms with Gasteiger partial charge in [0.25, 0.3) is 0 Å². The van der Waals surface area contributed by atoms with Crippen LogP contribution in [0.15, 0.2) is 5.38 Å². The van der Waals surface area contributed by atoms with E-state index in [0.29, 0.717) is 23.5 Å². The topological polar surface area (TPSA) is 83.0 Å². The van der Waals surface area contributed by atoms with Crippen LogP contribution in [0.3, 0.4) is 0 Å². The summed E-state index contributed by atoms with van der Waals surface area (Å²) in [6.45, 7) is 7.97. The second-order valence-electron chi connectivity index (χ2n) is 4.66. The highest BCUT2D eigenvalue weighted by atomic mass is 32.1. The van der Waals surface area contributed by atoms with Crippen molar-refractivity contribution in [3.05, 3.63) is 22.6 Å². The van der Waals surface area contributed by atoms with Gasteiger partial charge in [0.15, 0.2) is 10.8 Å². The van der Waals surface area contributed by atoms with Crippen molar-refractivity contribution in [2.24, 2.45) is 0 Å². The minimum absolute atomic E-state index is 0.144. The van der Waals surface area contributed by atoms with E-state index in [4.69, 9.17) is 10.5 Å². The van der Waals surface area contributed by atoms with E-state index in [1.54, 1.807) is 18.4 Å². The summed E-state index contributed by atoms with van der Waals surface area (Å²) < 4.78 is 6.63. The van der Waals surface area contributed by atoms with Crippen LogP contribution in [0.2, 0.25) is 0 Å². The molecule has 2 N–H and O–H groups in total. The van der Waals surface area contributed by atoms with Crippen molar-refractivity contribution in [1.82, 2.24) is 14.5 Å². The van der Waals surface area contributed by atoms with Crippen LogP contribution in [0.5, 0.6) is 0 Å². The fourth-order valence-electron chi connectivity index (χ4n) is 1.78. The molecule has 0 bridgehead atoms. The van der Waals surface area contributed by atoms with Crippen molar-refractivity contribution in [2.45, 2.75) is 33.6 Å². The predicted octanol–water partition coefficient (Wildman–Crippen LogP) is 2.52. The Bertz CT molecular complexity index is 630. The molecule has 0 saturated carbocycles. The molecule has 0 amide bonds. The first-order valence-corrected chi connectivity index (χ1v) is 7.31. The second-order valence-corrected chi connectivity index (χ2v) is 5.49. The van der Waals surface area contributed by atoms with E-state index in [2.05, 4.69) is 23.8 Å². The number of esters is 1. The van der Waals surface area contributed by atoms with Gasteiger partial charge in [-0.15, -0.1) is 11.3 Å². The van der Waals surface area contributed by atoms with E-state index in [1.807, 2.05) is 5.38 Å². The van der Waals surface area contributed by atoms with Gasteiger partial charge in [-0.05, 0) is 19.8 Å². The van der Waals surface area contributed by atoms with Crippen molar-refractivity contribution in [2.75, 3.05) is 12.3 Å². The minimum atomic E-state index is -0.507. The Morgan fingerprint density at radius 2 is 2.20 bits per heavy atom. The lowest BCUT2D eigenvalue weighted by Gasteiger charge is -2.03. The SMILES string of the molecule is CCOC(=O)c1nc(C)n(-c2nc(C(C)C)cs2)c1N. The molecule has 0 aliphatic rings. The Labute approximate surface area is 121 Å². The van der Waals surface area contributed by atoms with E-state index in [0.717, 1.165) is 5.69 Å². The molecule has 2 rings (SSSR count). The van der Waals surface area contributed by atoms with Gasteiger partial charge < -0.3 is 10.5 Å². The molecule has 2 heterocycles. The number of imidazole rings is 1. The molecule has 108 valence electrons. The molecule has 0 aromatic carbocycles. The fourth-order valence-corrected chi connectivity index (χ4v) is 2.83. The standard InChI is InChI=1S/C13H18N4O2S/c1-5-19-12(18)10-11(14)17(8(4)15-10)13-16-9(6-20-13)7(2)3/h6-7H,5,14H2,1-4H3. The van der Waals surface area contributed by atoms with Crippen LogP contribution in [-0.4, -0.2) is 27.1 Å². The molecule has 2 aromatic rings. The average Bonchev–Trinajstić information content (AvgIpc) is 2.95. The number of nitrogen functional groups attached to an aromatic ring is 1. The first kappa shape index (κ1) is 14.5. The molecular formula is C13H18N4O2S. The summed E-state index contributed by atoms with van der Waals surface area (Å²) in [4.78, 5) is 20.5. The highest BCUT2D eigenvalue weighted by Gasteiger charge is 2.22. The van der Waals surface area contributed by atoms with E-state index in [1.165, 1.54) is 11.3 Å². The van der Waals surface area contributed by atoms with Gasteiger partial charge in [-0.1, -0.05) is 13.8 Å². The molecular weight excluding hydrogens is 276 g/mol. The number of aromatic nitrogens is 3. The zero-order chi connectivity index (χ0) is 14.9. The van der Waals surface area contributed by atoms with Crippen molar-refractivity contribution in [3.8, 4) is 5.13 Å². The highest BCUT2D eigenvalue weighted by Crippen LogP contribution is 2.26. The summed E-state index contributed by atoms with van der Waals surface area (Å²) in [5.41, 5.74) is 7.16. The van der Waals surface area contributed by atoms with Crippen LogP contribution in [0, 0.1) is 6.92 Å². The Morgan fingerprint density at radius 3 is 2.75 bits per heavy atom. The number of nitrogens with zero attached hydrogens (tertiary/aromatic N) is 3. The zero-order valence-electron chi connectivity index (χ0n) is 12.0. The Hall–Kier alpha value is -1.89. The van der Waals surface area contributed by atoms with E-state index in [-0.39, 0.29) is 11.5 Å². The van der Waals surface area contributed by atoms with Crippen molar-refractivity contribution >= 4 is 23.1 Å². The van der Waals surface area contributed by atoms with Gasteiger partial charge in [0.1, 0.15) is 11.6 Å². The largest absolute Gasteiger partial charge is 0.461 e. The van der Waals surface area contributed by atoms with Crippen molar-refractivity contribution in [3.63, 3.8) is 0 Å². The van der Waals surface area contributed by atoms with Crippen LogP contribution in [0.4, 0.5) is 5.82 Å². The second kappa shape index (κ2) is 5.62. The molecule has 0 atom stereocenters. The van der Waals surface area contributed by atoms with Gasteiger partial charge in [0, 0.05) is 5.38 Å². The Morgan fingerprint density at radius 1 is 1.50 bits per heavy atom. The molecule has 7 heteroatoms. The predicted molar refractivity (Wildman–Crippen MR) is 78.4 cm³/mol. The number of thiazole rings is 1. The third kappa shape index (κ3) is 2.53. The molecule has 2 aromatic heterocycles. The molecule has 0 spiro atoms. The van der Waals surface area contributed by atoms with Gasteiger partial charge >= 0.3 is 5.97 Å². The van der Waals surface area contributed by atoms with Gasteiger partial charge in [-0.3, -0.25) is 4.57 Å². The van der Waals surface area contributed by atoms with Gasteiger partial charge in [-0.2, -0.15) is 0 Å². The summed E-state index contributed by atoms with van der Waals surface area (Å²) >= 11 is 1.48. The maximum atomic E-state index is 11.8. The lowest BCUT2D eigenvalue weighted by molar-refractivity contribution is 0.0521. The number of anilines is 1. The van der Waals surface area contributed by atoms with Crippen LogP contribution in [-0.2, 0) is 4.74 Å². The molecule has 6 nitrogen and oxygen atoms in total. The third-order valence-electron chi connectivity index (χ3n) is 2.84. The zero-order valence-corrected chi connectivity index (χ0v) is 12.8. The van der Waals surface area contributed by atoms with E-state index < -0.39 is 5.97 Å². The number of carbonyl (C=O) groups excluding carboxylic acids is 1. The number of ether oxygens (including phenoxy) is 1. The van der Waals surface area contributed by atoms with Crippen LogP contribution in [0.25, 0.3) is 5.13 Å². The van der Waals surface area contributed by atoms with Crippen LogP contribution >= 0.6 is 11.3 Å². The summed E-state index contributed by atoms with van der Waals surface area (Å²) in [5.74, 6) is 0.725. The number of rotatable bonds is 4. The lowest BCUT2D eigenvalue weighted by Crippen LogP contribution is -2.09. The van der Waals surface area contributed by atoms with Crippen molar-refractivity contribution in [1.29, 1.82) is 0 Å². The average molecular weight is 294 g/mol. The Kier molecular flexibility index (Phi) is 4.08. The molecule has 0 aliphatic carbocycles. The number of nitrogens with two attached hydrogens (primary N) is 1. The summed E-state index contributed by atoms with van der Waals surface area (Å²) in [6, 6.07) is 0. The van der Waals surface area contributed by atoms with Gasteiger partial charge in [-0.25, -0.2) is 14.8 Å². The summed E-state index contributed by atoms with van der Waals surface area (Å²) in [6.07, 6.45) is 0. The normalized spacial score (nSPS) is 11.1. The third-order valence-corrected chi connectivity index (χ3v) is 3.69. The molecule has 0 unspecified atom stereocenters. The monoisotopic (exact) mass is 294 g/mol. The quantitative estimate of drug-likeness (QED) is 0.876. The Balaban J connectivity index is 2.44. The van der Waals surface area contributed by atoms with Gasteiger partial charge in [0.05, 0.1) is 12.3 Å². The van der Waals surface area contributed by atoms with Gasteiger partial charge in [0.2, 0.25) is 0 Å². The molecule has 0 aliphatic heterocycles. The van der Waals surface area contributed by atoms with Crippen LogP contribution < -0.4 is 5.73 Å². The van der Waals surface area contributed by atoms with Crippen molar-refractivity contribution < 1.29 is 9.53 Å². The van der Waals surface area contributed by atoms with E-state index >= 15 is 0 Å². The summed E-state index contributed by atoms with van der Waals surface area (Å²) in [7, 11) is 0. The number of aryl methyl sites for hydroxylation is 1. The van der Waals surface area contributed by atoms with E-state index in [9.17, 15) is 4.79 Å². The number of hydrogen-bond donors (Lipinski definition) is 1. The highest BCUT2D eigenvalue weighted by molar-refractivity contribution is 7.12. The summed E-state index contributed by atoms with van der Waals surface area (Å²) in [5, 5.41) is 2.70. The molecule has 20 heavy (non-hydrogen) atoms. The fraction of sp³-hybridized carbons (Fsp3) is 0.462. The first-order chi connectivity index (χ1) is 9.45.